The summed E-state index contributed by atoms with van der Waals surface area (Å²) >= 11 is 0. The van der Waals surface area contributed by atoms with Crippen LogP contribution in [-0.4, -0.2) is 15.7 Å². The Bertz CT molecular complexity index is 701. The van der Waals surface area contributed by atoms with E-state index < -0.39 is 0 Å². The minimum atomic E-state index is -0.295. The fourth-order valence-corrected chi connectivity index (χ4v) is 2.15. The van der Waals surface area contributed by atoms with Gasteiger partial charge in [0.05, 0.1) is 6.54 Å². The fourth-order valence-electron chi connectivity index (χ4n) is 2.15. The van der Waals surface area contributed by atoms with Crippen LogP contribution in [0.4, 0.5) is 5.69 Å². The molecule has 0 saturated heterocycles. The lowest BCUT2D eigenvalue weighted by molar-refractivity contribution is 0.637. The Morgan fingerprint density at radius 2 is 1.70 bits per heavy atom. The molecular formula is C15H19N3O2. The third-order valence-electron chi connectivity index (χ3n) is 3.48. The molecule has 0 atom stereocenters. The normalized spacial score (nSPS) is 10.6. The summed E-state index contributed by atoms with van der Waals surface area (Å²) in [6.07, 6.45) is 0. The zero-order chi connectivity index (χ0) is 14.7. The second-order valence-corrected chi connectivity index (χ2v) is 4.72. The van der Waals surface area contributed by atoms with Gasteiger partial charge in [-0.1, -0.05) is 18.2 Å². The van der Waals surface area contributed by atoms with Crippen LogP contribution in [0, 0.1) is 0 Å². The lowest BCUT2D eigenvalue weighted by atomic mass is 10.2. The topological polar surface area (TPSA) is 47.2 Å². The SMILES string of the molecule is CCN(Cc1cc(=O)n(C)c(=O)n1C)c1ccccc1. The van der Waals surface area contributed by atoms with Crippen LogP contribution >= 0.6 is 0 Å². The summed E-state index contributed by atoms with van der Waals surface area (Å²) in [4.78, 5) is 25.8. The summed E-state index contributed by atoms with van der Waals surface area (Å²) < 4.78 is 2.63. The third kappa shape index (κ3) is 2.66. The number of aromatic nitrogens is 2. The summed E-state index contributed by atoms with van der Waals surface area (Å²) in [5, 5.41) is 0. The number of para-hydroxylation sites is 1. The van der Waals surface area contributed by atoms with Crippen LogP contribution < -0.4 is 16.1 Å². The fraction of sp³-hybridized carbons (Fsp3) is 0.333. The number of hydrogen-bond acceptors (Lipinski definition) is 3. The highest BCUT2D eigenvalue weighted by molar-refractivity contribution is 5.46. The number of benzene rings is 1. The first-order chi connectivity index (χ1) is 9.54. The number of rotatable bonds is 4. The van der Waals surface area contributed by atoms with Crippen LogP contribution in [-0.2, 0) is 20.6 Å². The average Bonchev–Trinajstić information content (AvgIpc) is 2.48. The van der Waals surface area contributed by atoms with Gasteiger partial charge in [-0.3, -0.25) is 13.9 Å². The molecule has 0 fully saturated rings. The highest BCUT2D eigenvalue weighted by Crippen LogP contribution is 2.15. The van der Waals surface area contributed by atoms with Gasteiger partial charge in [0.1, 0.15) is 0 Å². The molecule has 5 heteroatoms. The predicted octanol–water partition coefficient (Wildman–Crippen LogP) is 1.11. The quantitative estimate of drug-likeness (QED) is 0.838. The maximum absolute atomic E-state index is 11.9. The van der Waals surface area contributed by atoms with Crippen molar-refractivity contribution in [3.05, 3.63) is 62.9 Å². The van der Waals surface area contributed by atoms with Gasteiger partial charge in [0, 0.05) is 38.1 Å². The molecule has 20 heavy (non-hydrogen) atoms. The maximum atomic E-state index is 11.9. The molecule has 2 aromatic rings. The second kappa shape index (κ2) is 5.77. The predicted molar refractivity (Wildman–Crippen MR) is 80.1 cm³/mol. The Balaban J connectivity index is 2.39. The zero-order valence-corrected chi connectivity index (χ0v) is 12.0. The molecule has 0 unspecified atom stereocenters. The summed E-state index contributed by atoms with van der Waals surface area (Å²) in [5.74, 6) is 0. The van der Waals surface area contributed by atoms with Crippen molar-refractivity contribution in [2.75, 3.05) is 11.4 Å². The molecule has 0 spiro atoms. The standard InChI is InChI=1S/C15H19N3O2/c1-4-18(12-8-6-5-7-9-12)11-13-10-14(19)17(3)15(20)16(13)2/h5-10H,4,11H2,1-3H3. The first-order valence-corrected chi connectivity index (χ1v) is 6.60. The molecule has 0 aliphatic heterocycles. The molecule has 1 aromatic carbocycles. The number of anilines is 1. The Kier molecular flexibility index (Phi) is 4.08. The van der Waals surface area contributed by atoms with Crippen LogP contribution in [0.2, 0.25) is 0 Å². The van der Waals surface area contributed by atoms with E-state index in [0.29, 0.717) is 12.2 Å². The molecule has 0 aliphatic rings. The Morgan fingerprint density at radius 3 is 2.30 bits per heavy atom. The molecule has 0 saturated carbocycles. The van der Waals surface area contributed by atoms with E-state index in [0.717, 1.165) is 16.8 Å². The molecule has 1 heterocycles. The smallest absolute Gasteiger partial charge is 0.330 e. The summed E-state index contributed by atoms with van der Waals surface area (Å²) in [6.45, 7) is 3.38. The van der Waals surface area contributed by atoms with Gasteiger partial charge in [0.25, 0.3) is 5.56 Å². The summed E-state index contributed by atoms with van der Waals surface area (Å²) in [7, 11) is 3.18. The van der Waals surface area contributed by atoms with E-state index in [4.69, 9.17) is 0 Å². The van der Waals surface area contributed by atoms with E-state index >= 15 is 0 Å². The average molecular weight is 273 g/mol. The largest absolute Gasteiger partial charge is 0.366 e. The van der Waals surface area contributed by atoms with Gasteiger partial charge in [0.2, 0.25) is 0 Å². The van der Waals surface area contributed by atoms with Crippen molar-refractivity contribution in [2.24, 2.45) is 14.1 Å². The van der Waals surface area contributed by atoms with Crippen LogP contribution in [0.1, 0.15) is 12.6 Å². The molecule has 0 amide bonds. The highest BCUT2D eigenvalue weighted by Gasteiger charge is 2.10. The second-order valence-electron chi connectivity index (χ2n) is 4.72. The first-order valence-electron chi connectivity index (χ1n) is 6.60. The number of hydrogen-bond donors (Lipinski definition) is 0. The van der Waals surface area contributed by atoms with E-state index in [1.165, 1.54) is 17.7 Å². The molecule has 0 radical (unpaired) electrons. The molecule has 0 bridgehead atoms. The van der Waals surface area contributed by atoms with Gasteiger partial charge in [0.15, 0.2) is 0 Å². The van der Waals surface area contributed by atoms with Crippen molar-refractivity contribution in [2.45, 2.75) is 13.5 Å². The van der Waals surface area contributed by atoms with Crippen molar-refractivity contribution >= 4 is 5.69 Å². The molecule has 1 aromatic heterocycles. The van der Waals surface area contributed by atoms with Crippen molar-refractivity contribution in [3.63, 3.8) is 0 Å². The van der Waals surface area contributed by atoms with Gasteiger partial charge in [-0.25, -0.2) is 4.79 Å². The molecule has 5 nitrogen and oxygen atoms in total. The van der Waals surface area contributed by atoms with Crippen molar-refractivity contribution < 1.29 is 0 Å². The van der Waals surface area contributed by atoms with Gasteiger partial charge in [-0.2, -0.15) is 0 Å². The number of nitrogens with zero attached hydrogens (tertiary/aromatic N) is 3. The highest BCUT2D eigenvalue weighted by atomic mass is 16.2. The van der Waals surface area contributed by atoms with Crippen molar-refractivity contribution in [1.29, 1.82) is 0 Å². The monoisotopic (exact) mass is 273 g/mol. The maximum Gasteiger partial charge on any atom is 0.330 e. The van der Waals surface area contributed by atoms with E-state index in [9.17, 15) is 9.59 Å². The third-order valence-corrected chi connectivity index (χ3v) is 3.48. The first kappa shape index (κ1) is 14.1. The Morgan fingerprint density at radius 1 is 1.05 bits per heavy atom. The summed E-state index contributed by atoms with van der Waals surface area (Å²) in [5.41, 5.74) is 1.22. The minimum Gasteiger partial charge on any atom is -0.366 e. The molecule has 2 rings (SSSR count). The van der Waals surface area contributed by atoms with Gasteiger partial charge in [-0.15, -0.1) is 0 Å². The Hall–Kier alpha value is -2.30. The van der Waals surface area contributed by atoms with Gasteiger partial charge >= 0.3 is 5.69 Å². The molecule has 0 N–H and O–H groups in total. The van der Waals surface area contributed by atoms with Crippen molar-refractivity contribution in [3.8, 4) is 0 Å². The van der Waals surface area contributed by atoms with Crippen LogP contribution in [0.3, 0.4) is 0 Å². The van der Waals surface area contributed by atoms with Gasteiger partial charge in [-0.05, 0) is 19.1 Å². The van der Waals surface area contributed by atoms with Crippen LogP contribution in [0.25, 0.3) is 0 Å². The molecule has 0 aliphatic carbocycles. The van der Waals surface area contributed by atoms with Crippen LogP contribution in [0.15, 0.2) is 46.0 Å². The zero-order valence-electron chi connectivity index (χ0n) is 12.0. The lowest BCUT2D eigenvalue weighted by Gasteiger charge is -2.24. The molecule has 106 valence electrons. The van der Waals surface area contributed by atoms with E-state index in [2.05, 4.69) is 4.90 Å². The van der Waals surface area contributed by atoms with Crippen LogP contribution in [0.5, 0.6) is 0 Å². The van der Waals surface area contributed by atoms with E-state index in [1.54, 1.807) is 7.05 Å². The van der Waals surface area contributed by atoms with Gasteiger partial charge < -0.3 is 4.90 Å². The van der Waals surface area contributed by atoms with Crippen molar-refractivity contribution in [1.82, 2.24) is 9.13 Å². The van der Waals surface area contributed by atoms with E-state index in [1.807, 2.05) is 37.3 Å². The lowest BCUT2D eigenvalue weighted by Crippen LogP contribution is -2.39. The minimum absolute atomic E-state index is 0.271. The van der Waals surface area contributed by atoms with E-state index in [-0.39, 0.29) is 11.2 Å². The molecular weight excluding hydrogens is 254 g/mol. The summed E-state index contributed by atoms with van der Waals surface area (Å²) in [6, 6.07) is 11.5. The Labute approximate surface area is 117 Å².